The summed E-state index contributed by atoms with van der Waals surface area (Å²) in [6.07, 6.45) is 7.88. The summed E-state index contributed by atoms with van der Waals surface area (Å²) in [5.41, 5.74) is 3.54. The maximum absolute atomic E-state index is 6.33. The Morgan fingerprint density at radius 3 is 2.33 bits per heavy atom. The van der Waals surface area contributed by atoms with Crippen molar-refractivity contribution in [2.24, 2.45) is 0 Å². The van der Waals surface area contributed by atoms with Crippen LogP contribution in [0.4, 0.5) is 0 Å². The minimum atomic E-state index is 0.139. The second-order valence-electron chi connectivity index (χ2n) is 7.57. The molecule has 0 radical (unpaired) electrons. The summed E-state index contributed by atoms with van der Waals surface area (Å²) >= 11 is 0. The maximum Gasteiger partial charge on any atom is 0.119 e. The third kappa shape index (κ3) is 5.52. The lowest BCUT2D eigenvalue weighted by Crippen LogP contribution is -2.20. The summed E-state index contributed by atoms with van der Waals surface area (Å²) in [4.78, 5) is 0. The van der Waals surface area contributed by atoms with Crippen molar-refractivity contribution in [2.45, 2.75) is 38.1 Å². The highest BCUT2D eigenvalue weighted by atomic mass is 16.5. The molecule has 4 rings (SSSR count). The zero-order chi connectivity index (χ0) is 20.6. The smallest absolute Gasteiger partial charge is 0.119 e. The first kappa shape index (κ1) is 20.2. The fraction of sp³-hybridized carbons (Fsp3) is 0.259. The Labute approximate surface area is 178 Å². The number of hydrogen-bond acceptors (Lipinski definition) is 3. The predicted octanol–water partition coefficient (Wildman–Crippen LogP) is 6.60. The van der Waals surface area contributed by atoms with Gasteiger partial charge in [0, 0.05) is 0 Å². The first-order valence-corrected chi connectivity index (χ1v) is 10.5. The summed E-state index contributed by atoms with van der Waals surface area (Å²) < 4.78 is 17.4. The van der Waals surface area contributed by atoms with E-state index >= 15 is 0 Å². The Balaban J connectivity index is 1.31. The molecular weight excluding hydrogens is 372 g/mol. The fourth-order valence-corrected chi connectivity index (χ4v) is 3.69. The van der Waals surface area contributed by atoms with E-state index in [1.807, 2.05) is 42.5 Å². The van der Waals surface area contributed by atoms with Crippen LogP contribution in [0.15, 0.2) is 84.9 Å². The molecule has 1 aliphatic rings. The molecule has 3 nitrogen and oxygen atoms in total. The summed E-state index contributed by atoms with van der Waals surface area (Å²) in [7, 11) is 1.69. The standard InChI is InChI=1S/C27H28O3/c1-28-24-18-13-23(14-19-24)27-9-5-8-26(30-27)17-12-21-10-15-25(16-11-21)29-20-22-6-3-2-4-7-22/h2-4,6-7,10-19,26-27H,5,8-9,20H2,1H3/b17-12+/t26-,27+/m1/s1. The molecule has 0 unspecified atom stereocenters. The first-order chi connectivity index (χ1) is 14.8. The summed E-state index contributed by atoms with van der Waals surface area (Å²) in [6, 6.07) is 26.6. The van der Waals surface area contributed by atoms with Crippen LogP contribution in [-0.4, -0.2) is 13.2 Å². The summed E-state index contributed by atoms with van der Waals surface area (Å²) in [5.74, 6) is 1.76. The van der Waals surface area contributed by atoms with Crippen LogP contribution in [-0.2, 0) is 11.3 Å². The second kappa shape index (κ2) is 10.1. The van der Waals surface area contributed by atoms with Crippen molar-refractivity contribution in [3.05, 3.63) is 102 Å². The van der Waals surface area contributed by atoms with Gasteiger partial charge in [0.1, 0.15) is 18.1 Å². The molecule has 1 aliphatic heterocycles. The van der Waals surface area contributed by atoms with Gasteiger partial charge in [-0.05, 0) is 60.2 Å². The van der Waals surface area contributed by atoms with E-state index < -0.39 is 0 Å². The van der Waals surface area contributed by atoms with E-state index in [0.717, 1.165) is 36.3 Å². The number of benzene rings is 3. The van der Waals surface area contributed by atoms with E-state index in [0.29, 0.717) is 6.61 Å². The Kier molecular flexibility index (Phi) is 6.83. The molecule has 2 atom stereocenters. The molecule has 30 heavy (non-hydrogen) atoms. The number of ether oxygens (including phenoxy) is 3. The van der Waals surface area contributed by atoms with Gasteiger partial charge in [-0.2, -0.15) is 0 Å². The van der Waals surface area contributed by atoms with E-state index in [2.05, 4.69) is 48.6 Å². The minimum absolute atomic E-state index is 0.139. The van der Waals surface area contributed by atoms with Gasteiger partial charge in [-0.25, -0.2) is 0 Å². The topological polar surface area (TPSA) is 27.7 Å². The monoisotopic (exact) mass is 400 g/mol. The van der Waals surface area contributed by atoms with Gasteiger partial charge in [-0.1, -0.05) is 66.7 Å². The Bertz CT molecular complexity index is 930. The van der Waals surface area contributed by atoms with Gasteiger partial charge in [-0.15, -0.1) is 0 Å². The molecule has 1 heterocycles. The Morgan fingerprint density at radius 1 is 0.867 bits per heavy atom. The van der Waals surface area contributed by atoms with Crippen molar-refractivity contribution >= 4 is 6.08 Å². The van der Waals surface area contributed by atoms with Gasteiger partial charge in [0.25, 0.3) is 0 Å². The number of rotatable bonds is 7. The lowest BCUT2D eigenvalue weighted by molar-refractivity contribution is -0.0263. The van der Waals surface area contributed by atoms with E-state index in [1.165, 1.54) is 11.1 Å². The molecule has 0 amide bonds. The van der Waals surface area contributed by atoms with Crippen LogP contribution in [0.2, 0.25) is 0 Å². The molecule has 0 N–H and O–H groups in total. The average Bonchev–Trinajstić information content (AvgIpc) is 2.83. The SMILES string of the molecule is COc1ccc([C@@H]2CCC[C@H](/C=C/c3ccc(OCc4ccccc4)cc3)O2)cc1. The molecule has 1 fully saturated rings. The second-order valence-corrected chi connectivity index (χ2v) is 7.57. The molecule has 0 bridgehead atoms. The Hall–Kier alpha value is -3.04. The zero-order valence-electron chi connectivity index (χ0n) is 17.4. The van der Waals surface area contributed by atoms with Crippen LogP contribution in [0.5, 0.6) is 11.5 Å². The molecule has 154 valence electrons. The van der Waals surface area contributed by atoms with Crippen LogP contribution in [0.1, 0.15) is 42.1 Å². The van der Waals surface area contributed by atoms with E-state index in [9.17, 15) is 0 Å². The van der Waals surface area contributed by atoms with E-state index in [-0.39, 0.29) is 12.2 Å². The molecule has 0 aliphatic carbocycles. The van der Waals surface area contributed by atoms with E-state index in [4.69, 9.17) is 14.2 Å². The molecule has 3 aromatic carbocycles. The van der Waals surface area contributed by atoms with Crippen molar-refractivity contribution in [2.75, 3.05) is 7.11 Å². The van der Waals surface area contributed by atoms with Crippen molar-refractivity contribution in [3.63, 3.8) is 0 Å². The van der Waals surface area contributed by atoms with Gasteiger partial charge in [0.05, 0.1) is 19.3 Å². The minimum Gasteiger partial charge on any atom is -0.497 e. The van der Waals surface area contributed by atoms with Crippen LogP contribution < -0.4 is 9.47 Å². The molecule has 0 saturated carbocycles. The zero-order valence-corrected chi connectivity index (χ0v) is 17.4. The predicted molar refractivity (Wildman–Crippen MR) is 121 cm³/mol. The fourth-order valence-electron chi connectivity index (χ4n) is 3.69. The van der Waals surface area contributed by atoms with Gasteiger partial charge < -0.3 is 14.2 Å². The number of methoxy groups -OCH3 is 1. The highest BCUT2D eigenvalue weighted by Crippen LogP contribution is 2.32. The lowest BCUT2D eigenvalue weighted by Gasteiger charge is -2.28. The first-order valence-electron chi connectivity index (χ1n) is 10.5. The third-order valence-electron chi connectivity index (χ3n) is 5.41. The van der Waals surface area contributed by atoms with Gasteiger partial charge >= 0.3 is 0 Å². The van der Waals surface area contributed by atoms with Gasteiger partial charge in [0.15, 0.2) is 0 Å². The summed E-state index contributed by atoms with van der Waals surface area (Å²) in [6.45, 7) is 0.582. The van der Waals surface area contributed by atoms with Gasteiger partial charge in [-0.3, -0.25) is 0 Å². The normalized spacial score (nSPS) is 19.0. The van der Waals surface area contributed by atoms with Crippen LogP contribution in [0.3, 0.4) is 0 Å². The summed E-state index contributed by atoms with van der Waals surface area (Å²) in [5, 5.41) is 0. The maximum atomic E-state index is 6.33. The van der Waals surface area contributed by atoms with Crippen molar-refractivity contribution in [1.29, 1.82) is 0 Å². The molecule has 0 spiro atoms. The molecule has 1 saturated heterocycles. The van der Waals surface area contributed by atoms with Crippen molar-refractivity contribution in [3.8, 4) is 11.5 Å². The van der Waals surface area contributed by atoms with E-state index in [1.54, 1.807) is 7.11 Å². The lowest BCUT2D eigenvalue weighted by atomic mass is 9.98. The molecule has 3 aromatic rings. The van der Waals surface area contributed by atoms with Crippen molar-refractivity contribution in [1.82, 2.24) is 0 Å². The third-order valence-corrected chi connectivity index (χ3v) is 5.41. The van der Waals surface area contributed by atoms with Gasteiger partial charge in [0.2, 0.25) is 0 Å². The van der Waals surface area contributed by atoms with Crippen LogP contribution >= 0.6 is 0 Å². The molecule has 3 heteroatoms. The van der Waals surface area contributed by atoms with Crippen molar-refractivity contribution < 1.29 is 14.2 Å². The molecular formula is C27H28O3. The largest absolute Gasteiger partial charge is 0.497 e. The Morgan fingerprint density at radius 2 is 1.60 bits per heavy atom. The molecule has 0 aromatic heterocycles. The highest BCUT2D eigenvalue weighted by Gasteiger charge is 2.22. The highest BCUT2D eigenvalue weighted by molar-refractivity contribution is 5.51. The quantitative estimate of drug-likeness (QED) is 0.447. The average molecular weight is 401 g/mol. The van der Waals surface area contributed by atoms with Crippen LogP contribution in [0, 0.1) is 0 Å². The van der Waals surface area contributed by atoms with Crippen LogP contribution in [0.25, 0.3) is 6.08 Å². The number of hydrogen-bond donors (Lipinski definition) is 0.